The number of aliphatic hydroxyl groups excluding tert-OH is 1. The van der Waals surface area contributed by atoms with Crippen LogP contribution in [0.2, 0.25) is 0 Å². The smallest absolute Gasteiger partial charge is 0.316 e. The number of aliphatic hydroxyl groups is 1. The highest BCUT2D eigenvalue weighted by Crippen LogP contribution is 2.21. The number of hydrogen-bond acceptors (Lipinski definition) is 5. The lowest BCUT2D eigenvalue weighted by atomic mass is 10.2. The minimum atomic E-state index is -4.22. The van der Waals surface area contributed by atoms with Gasteiger partial charge in [0.05, 0.1) is 5.69 Å². The number of rotatable bonds is 5. The van der Waals surface area contributed by atoms with Crippen LogP contribution in [0.4, 0.5) is 0 Å². The Bertz CT molecular complexity index is 637. The molecule has 0 saturated heterocycles. The van der Waals surface area contributed by atoms with Crippen molar-refractivity contribution in [3.05, 3.63) is 59.9 Å². The summed E-state index contributed by atoms with van der Waals surface area (Å²) < 4.78 is 28.2. The molecule has 0 radical (unpaired) electrons. The van der Waals surface area contributed by atoms with Gasteiger partial charge in [-0.05, 0) is 17.7 Å². The van der Waals surface area contributed by atoms with E-state index in [1.807, 2.05) is 30.3 Å². The third-order valence-electron chi connectivity index (χ3n) is 2.72. The Balaban J connectivity index is 2.28. The average Bonchev–Trinajstić information content (AvgIpc) is 2.87. The van der Waals surface area contributed by atoms with E-state index in [1.54, 1.807) is 16.8 Å². The molecule has 1 atom stereocenters. The second kappa shape index (κ2) is 5.54. The fraction of sp³-hybridized carbons (Fsp3) is 0.167. The van der Waals surface area contributed by atoms with Crippen molar-refractivity contribution >= 4 is 10.1 Å². The number of nitrogens with two attached hydrogens (primary N) is 1. The van der Waals surface area contributed by atoms with E-state index < -0.39 is 15.6 Å². The second-order valence-corrected chi connectivity index (χ2v) is 5.61. The van der Waals surface area contributed by atoms with Gasteiger partial charge in [-0.3, -0.25) is 0 Å². The van der Waals surface area contributed by atoms with E-state index in [2.05, 4.69) is 10.2 Å². The fourth-order valence-electron chi connectivity index (χ4n) is 1.78. The van der Waals surface area contributed by atoms with Crippen LogP contribution in [0.1, 0.15) is 16.7 Å². The number of aromatic nitrogens is 1. The molecule has 0 aliphatic heterocycles. The van der Waals surface area contributed by atoms with Gasteiger partial charge in [0.25, 0.3) is 0 Å². The fourth-order valence-corrected chi connectivity index (χ4v) is 2.39. The highest BCUT2D eigenvalue weighted by molar-refractivity contribution is 7.86. The van der Waals surface area contributed by atoms with Crippen LogP contribution in [0, 0.1) is 0 Å². The van der Waals surface area contributed by atoms with E-state index in [9.17, 15) is 13.5 Å². The highest BCUT2D eigenvalue weighted by Gasteiger charge is 2.27. The quantitative estimate of drug-likeness (QED) is 0.789. The minimum Gasteiger partial charge on any atom is -0.370 e. The van der Waals surface area contributed by atoms with Gasteiger partial charge < -0.3 is 9.67 Å². The van der Waals surface area contributed by atoms with Crippen molar-refractivity contribution in [2.24, 2.45) is 5.90 Å². The number of hydrogen-bond donors (Lipinski definition) is 2. The van der Waals surface area contributed by atoms with Crippen molar-refractivity contribution in [3.8, 4) is 0 Å². The molecule has 102 valence electrons. The van der Waals surface area contributed by atoms with E-state index in [-0.39, 0.29) is 5.69 Å². The Kier molecular flexibility index (Phi) is 4.01. The summed E-state index contributed by atoms with van der Waals surface area (Å²) in [5, 5.41) is 9.78. The normalized spacial score (nSPS) is 13.4. The van der Waals surface area contributed by atoms with Crippen molar-refractivity contribution in [2.75, 3.05) is 0 Å². The van der Waals surface area contributed by atoms with Gasteiger partial charge in [-0.25, -0.2) is 0 Å². The molecule has 0 fully saturated rings. The maximum Gasteiger partial charge on any atom is 0.316 e. The van der Waals surface area contributed by atoms with Crippen LogP contribution >= 0.6 is 0 Å². The minimum absolute atomic E-state index is 0.203. The summed E-state index contributed by atoms with van der Waals surface area (Å²) in [7, 11) is -4.22. The molecule has 2 rings (SSSR count). The third kappa shape index (κ3) is 3.02. The molecule has 19 heavy (non-hydrogen) atoms. The summed E-state index contributed by atoms with van der Waals surface area (Å²) in [5.41, 5.74) is -0.622. The molecule has 0 bridgehead atoms. The summed E-state index contributed by atoms with van der Waals surface area (Å²) in [6, 6.07) is 12.6. The van der Waals surface area contributed by atoms with Crippen LogP contribution in [0.15, 0.2) is 48.7 Å². The molecule has 6 nitrogen and oxygen atoms in total. The first kappa shape index (κ1) is 13.8. The molecule has 1 unspecified atom stereocenters. The number of nitrogens with zero attached hydrogens (tertiary/aromatic N) is 1. The van der Waals surface area contributed by atoms with E-state index in [0.717, 1.165) is 5.56 Å². The van der Waals surface area contributed by atoms with E-state index in [0.29, 0.717) is 6.54 Å². The first-order valence-electron chi connectivity index (χ1n) is 5.54. The Morgan fingerprint density at radius 1 is 1.21 bits per heavy atom. The van der Waals surface area contributed by atoms with Crippen LogP contribution in [0.5, 0.6) is 0 Å². The first-order valence-corrected chi connectivity index (χ1v) is 7.01. The van der Waals surface area contributed by atoms with E-state index in [4.69, 9.17) is 0 Å². The topological polar surface area (TPSA) is 94.6 Å². The zero-order chi connectivity index (χ0) is 13.9. The first-order chi connectivity index (χ1) is 9.04. The summed E-state index contributed by atoms with van der Waals surface area (Å²) in [4.78, 5) is 0. The molecule has 7 heteroatoms. The van der Waals surface area contributed by atoms with Gasteiger partial charge >= 0.3 is 10.1 Å². The molecule has 3 N–H and O–H groups in total. The van der Waals surface area contributed by atoms with Gasteiger partial charge in [0.15, 0.2) is 0 Å². The number of benzene rings is 1. The Morgan fingerprint density at radius 3 is 2.53 bits per heavy atom. The standard InChI is InChI=1S/C12H14N2O4S/c13-18-19(16,17)12(15)11-7-4-8-14(11)9-10-5-2-1-3-6-10/h1-8,12,15H,9,13H2. The highest BCUT2D eigenvalue weighted by atomic mass is 32.2. The molecular weight excluding hydrogens is 268 g/mol. The Labute approximate surface area is 111 Å². The summed E-state index contributed by atoms with van der Waals surface area (Å²) in [5.74, 6) is 4.66. The average molecular weight is 282 g/mol. The predicted molar refractivity (Wildman–Crippen MR) is 69.1 cm³/mol. The van der Waals surface area contributed by atoms with Gasteiger partial charge in [0.2, 0.25) is 5.44 Å². The summed E-state index contributed by atoms with van der Waals surface area (Å²) >= 11 is 0. The SMILES string of the molecule is NOS(=O)(=O)C(O)c1cccn1Cc1ccccc1. The molecular formula is C12H14N2O4S. The monoisotopic (exact) mass is 282 g/mol. The molecule has 1 aromatic heterocycles. The van der Waals surface area contributed by atoms with Gasteiger partial charge in [-0.2, -0.15) is 18.6 Å². The molecule has 0 aliphatic carbocycles. The molecule has 0 saturated carbocycles. The lowest BCUT2D eigenvalue weighted by molar-refractivity contribution is 0.210. The lowest BCUT2D eigenvalue weighted by Crippen LogP contribution is -2.21. The predicted octanol–water partition coefficient (Wildman–Crippen LogP) is 0.747. The van der Waals surface area contributed by atoms with Crippen LogP contribution in [0.3, 0.4) is 0 Å². The second-order valence-electron chi connectivity index (χ2n) is 3.99. The van der Waals surface area contributed by atoms with Gasteiger partial charge in [0.1, 0.15) is 0 Å². The van der Waals surface area contributed by atoms with Crippen LogP contribution < -0.4 is 5.90 Å². The maximum absolute atomic E-state index is 11.4. The van der Waals surface area contributed by atoms with Crippen molar-refractivity contribution in [1.29, 1.82) is 0 Å². The summed E-state index contributed by atoms with van der Waals surface area (Å²) in [6.45, 7) is 0.445. The maximum atomic E-state index is 11.4. The molecule has 0 spiro atoms. The molecule has 1 aromatic carbocycles. The van der Waals surface area contributed by atoms with Crippen molar-refractivity contribution in [3.63, 3.8) is 0 Å². The zero-order valence-electron chi connectivity index (χ0n) is 10.0. The molecule has 0 amide bonds. The van der Waals surface area contributed by atoms with Crippen molar-refractivity contribution in [2.45, 2.75) is 12.0 Å². The van der Waals surface area contributed by atoms with Crippen molar-refractivity contribution < 1.29 is 17.8 Å². The van der Waals surface area contributed by atoms with Gasteiger partial charge in [-0.15, -0.1) is 0 Å². The van der Waals surface area contributed by atoms with Gasteiger partial charge in [0, 0.05) is 12.7 Å². The largest absolute Gasteiger partial charge is 0.370 e. The van der Waals surface area contributed by atoms with Crippen molar-refractivity contribution in [1.82, 2.24) is 4.57 Å². The van der Waals surface area contributed by atoms with Gasteiger partial charge in [-0.1, -0.05) is 30.3 Å². The van der Waals surface area contributed by atoms with E-state index in [1.165, 1.54) is 6.07 Å². The van der Waals surface area contributed by atoms with E-state index >= 15 is 0 Å². The molecule has 1 heterocycles. The van der Waals surface area contributed by atoms with Crippen LogP contribution in [-0.4, -0.2) is 18.1 Å². The van der Waals surface area contributed by atoms with Crippen LogP contribution in [0.25, 0.3) is 0 Å². The molecule has 0 aliphatic rings. The summed E-state index contributed by atoms with van der Waals surface area (Å²) in [6.07, 6.45) is 1.68. The van der Waals surface area contributed by atoms with Crippen LogP contribution in [-0.2, 0) is 20.9 Å². The Morgan fingerprint density at radius 2 is 1.89 bits per heavy atom. The zero-order valence-corrected chi connectivity index (χ0v) is 10.8. The Hall–Kier alpha value is -1.67. The third-order valence-corrected chi connectivity index (χ3v) is 3.78. The molecule has 2 aromatic rings. The lowest BCUT2D eigenvalue weighted by Gasteiger charge is -2.13.